The first-order chi connectivity index (χ1) is 16.7. The number of β-lactam (4-membered cyclic amide) rings is 1. The van der Waals surface area contributed by atoms with E-state index in [1.54, 1.807) is 7.05 Å². The summed E-state index contributed by atoms with van der Waals surface area (Å²) in [6.07, 6.45) is 0.849. The Kier molecular flexibility index (Phi) is 7.80. The van der Waals surface area contributed by atoms with Gasteiger partial charge in [0.2, 0.25) is 11.2 Å². The molecule has 2 aliphatic rings. The van der Waals surface area contributed by atoms with Crippen molar-refractivity contribution in [2.45, 2.75) is 35.3 Å². The fraction of sp³-hybridized carbons (Fsp3) is 0.412. The minimum Gasteiger partial charge on any atom is -0.477 e. The van der Waals surface area contributed by atoms with E-state index in [2.05, 4.69) is 31.0 Å². The zero-order valence-electron chi connectivity index (χ0n) is 17.8. The molecule has 1 saturated heterocycles. The first-order valence-electron chi connectivity index (χ1n) is 9.86. The molecule has 2 amide bonds. The quantitative estimate of drug-likeness (QED) is 0.140. The number of carboxylic acids is 1. The molecule has 0 radical (unpaired) electrons. The van der Waals surface area contributed by atoms with Crippen LogP contribution in [0.4, 0.5) is 10.3 Å². The lowest BCUT2D eigenvalue weighted by atomic mass is 9.86. The smallest absolute Gasteiger partial charge is 0.353 e. The van der Waals surface area contributed by atoms with Crippen molar-refractivity contribution in [1.82, 2.24) is 25.4 Å². The van der Waals surface area contributed by atoms with Crippen molar-refractivity contribution in [2.24, 2.45) is 5.18 Å². The number of nitrogens with two attached hydrogens (primary N) is 1. The Hall–Kier alpha value is -2.47. The van der Waals surface area contributed by atoms with Gasteiger partial charge in [0, 0.05) is 12.0 Å². The van der Waals surface area contributed by atoms with Gasteiger partial charge in [-0.2, -0.15) is 0 Å². The Balaban J connectivity index is 1.43. The minimum atomic E-state index is -1.58. The molecule has 3 atom stereocenters. The SMILES string of the molecule is CNc1nnc(SCSC2=C(C(=O)O)N3C(=O)C(NC(=O)C(N=O)c4nc(N)sc4Cl)C3CC2)s1. The normalized spacial score (nSPS) is 20.2. The Bertz CT molecular complexity index is 1220. The number of nitrogens with zero attached hydrogens (tertiary/aromatic N) is 5. The van der Waals surface area contributed by atoms with Crippen LogP contribution >= 0.6 is 57.8 Å². The molecule has 0 saturated carbocycles. The van der Waals surface area contributed by atoms with Crippen LogP contribution in [-0.2, 0) is 14.4 Å². The van der Waals surface area contributed by atoms with Crippen LogP contribution in [0.25, 0.3) is 0 Å². The first-order valence-corrected chi connectivity index (χ1v) is 13.8. The van der Waals surface area contributed by atoms with Crippen LogP contribution in [0.2, 0.25) is 4.34 Å². The predicted octanol–water partition coefficient (Wildman–Crippen LogP) is 2.35. The van der Waals surface area contributed by atoms with E-state index in [9.17, 15) is 24.4 Å². The van der Waals surface area contributed by atoms with Crippen LogP contribution in [-0.4, -0.2) is 67.2 Å². The van der Waals surface area contributed by atoms with Crippen LogP contribution in [0.15, 0.2) is 20.1 Å². The Morgan fingerprint density at radius 1 is 1.37 bits per heavy atom. The largest absolute Gasteiger partial charge is 0.477 e. The van der Waals surface area contributed by atoms with Gasteiger partial charge in [-0.3, -0.25) is 14.5 Å². The number of allylic oxidation sites excluding steroid dienone is 1. The van der Waals surface area contributed by atoms with Gasteiger partial charge in [-0.05, 0) is 18.0 Å². The number of hydrogen-bond acceptors (Lipinski definition) is 14. The van der Waals surface area contributed by atoms with Crippen LogP contribution in [0.1, 0.15) is 24.6 Å². The van der Waals surface area contributed by atoms with Crippen LogP contribution in [0.5, 0.6) is 0 Å². The Morgan fingerprint density at radius 2 is 2.14 bits per heavy atom. The van der Waals surface area contributed by atoms with Crippen LogP contribution < -0.4 is 16.4 Å². The minimum absolute atomic E-state index is 0.0489. The summed E-state index contributed by atoms with van der Waals surface area (Å²) in [4.78, 5) is 54.5. The monoisotopic (exact) mass is 576 g/mol. The average Bonchev–Trinajstić information content (AvgIpc) is 3.42. The fourth-order valence-electron chi connectivity index (χ4n) is 3.64. The van der Waals surface area contributed by atoms with Crippen molar-refractivity contribution in [3.05, 3.63) is 25.5 Å². The van der Waals surface area contributed by atoms with Gasteiger partial charge in [-0.15, -0.1) is 26.9 Å². The molecule has 3 unspecified atom stereocenters. The number of thioether (sulfide) groups is 2. The number of aliphatic carboxylic acids is 1. The standard InChI is InChI=1S/C17H17ClN8O5S4/c1-20-16-23-24-17(35-16)33-4-32-6-3-2-5-7(13(28)26(5)10(6)14(29)30)21-12(27)9(25-31)8-11(18)34-15(19)22-8/h5,7,9H,2-4H2,1H3,(H2,19,22)(H,20,23)(H,21,27)(H,29,30). The molecule has 186 valence electrons. The van der Waals surface area contributed by atoms with Crippen molar-refractivity contribution in [1.29, 1.82) is 0 Å². The van der Waals surface area contributed by atoms with Gasteiger partial charge < -0.3 is 21.5 Å². The predicted molar refractivity (Wildman–Crippen MR) is 134 cm³/mol. The molecule has 18 heteroatoms. The second-order valence-corrected chi connectivity index (χ2v) is 12.4. The Labute approximate surface area is 219 Å². The van der Waals surface area contributed by atoms with E-state index in [0.717, 1.165) is 15.7 Å². The highest BCUT2D eigenvalue weighted by atomic mass is 35.5. The lowest BCUT2D eigenvalue weighted by Gasteiger charge is -2.50. The molecule has 2 aromatic rings. The molecule has 13 nitrogen and oxygen atoms in total. The van der Waals surface area contributed by atoms with Crippen molar-refractivity contribution in [2.75, 3.05) is 23.2 Å². The van der Waals surface area contributed by atoms with Crippen LogP contribution in [0, 0.1) is 4.91 Å². The Morgan fingerprint density at radius 3 is 2.74 bits per heavy atom. The summed E-state index contributed by atoms with van der Waals surface area (Å²) in [5, 5.41) is 27.2. The van der Waals surface area contributed by atoms with E-state index >= 15 is 0 Å². The van der Waals surface area contributed by atoms with E-state index in [4.69, 9.17) is 17.3 Å². The van der Waals surface area contributed by atoms with Crippen molar-refractivity contribution >= 4 is 85.8 Å². The average molecular weight is 577 g/mol. The molecule has 5 N–H and O–H groups in total. The zero-order valence-corrected chi connectivity index (χ0v) is 21.8. The molecule has 1 fully saturated rings. The van der Waals surface area contributed by atoms with Gasteiger partial charge in [0.1, 0.15) is 21.8 Å². The molecular weight excluding hydrogens is 560 g/mol. The number of carboxylic acid groups (broad SMARTS) is 1. The summed E-state index contributed by atoms with van der Waals surface area (Å²) in [5.41, 5.74) is 5.38. The number of nitrogens with one attached hydrogen (secondary N) is 2. The van der Waals surface area contributed by atoms with Gasteiger partial charge in [-0.1, -0.05) is 46.0 Å². The van der Waals surface area contributed by atoms with Crippen molar-refractivity contribution in [3.8, 4) is 0 Å². The maximum absolute atomic E-state index is 12.8. The maximum Gasteiger partial charge on any atom is 0.353 e. The summed E-state index contributed by atoms with van der Waals surface area (Å²) in [6.45, 7) is 0. The maximum atomic E-state index is 12.8. The summed E-state index contributed by atoms with van der Waals surface area (Å²) in [5.74, 6) is -2.67. The number of thiazole rings is 1. The molecule has 35 heavy (non-hydrogen) atoms. The van der Waals surface area contributed by atoms with Gasteiger partial charge >= 0.3 is 5.97 Å². The highest BCUT2D eigenvalue weighted by molar-refractivity contribution is 8.18. The number of amides is 2. The third kappa shape index (κ3) is 5.09. The van der Waals surface area contributed by atoms with Crippen molar-refractivity contribution in [3.63, 3.8) is 0 Å². The summed E-state index contributed by atoms with van der Waals surface area (Å²) in [6, 6.07) is -3.12. The van der Waals surface area contributed by atoms with E-state index in [0.29, 0.717) is 28.0 Å². The number of rotatable bonds is 10. The number of nitroso groups, excluding NO2 is 1. The lowest BCUT2D eigenvalue weighted by Crippen LogP contribution is -2.71. The number of halogens is 1. The number of fused-ring (bicyclic) bond motifs is 1. The number of carbonyl (C=O) groups excluding carboxylic acids is 2. The van der Waals surface area contributed by atoms with Gasteiger partial charge in [0.25, 0.3) is 11.8 Å². The third-order valence-corrected chi connectivity index (χ3v) is 9.64. The molecule has 0 bridgehead atoms. The molecule has 2 aliphatic heterocycles. The second-order valence-electron chi connectivity index (χ2n) is 7.13. The molecule has 2 aromatic heterocycles. The summed E-state index contributed by atoms with van der Waals surface area (Å²) >= 11 is 11.0. The summed E-state index contributed by atoms with van der Waals surface area (Å²) in [7, 11) is 1.74. The lowest BCUT2D eigenvalue weighted by molar-refractivity contribution is -0.156. The zero-order chi connectivity index (χ0) is 25.3. The van der Waals surface area contributed by atoms with E-state index in [-0.39, 0.29) is 20.9 Å². The number of aromatic nitrogens is 3. The summed E-state index contributed by atoms with van der Waals surface area (Å²) < 4.78 is 0.781. The van der Waals surface area contributed by atoms with E-state index < -0.39 is 35.9 Å². The molecule has 4 rings (SSSR count). The first kappa shape index (κ1) is 25.6. The van der Waals surface area contributed by atoms with E-state index in [1.807, 2.05) is 0 Å². The fourth-order valence-corrected chi connectivity index (χ4v) is 7.84. The number of hydrogen-bond donors (Lipinski definition) is 4. The molecular formula is C17H17ClN8O5S4. The second kappa shape index (κ2) is 10.7. The number of nitrogen functional groups attached to an aromatic ring is 1. The van der Waals surface area contributed by atoms with E-state index in [1.165, 1.54) is 39.8 Å². The van der Waals surface area contributed by atoms with Crippen molar-refractivity contribution < 1.29 is 19.5 Å². The highest BCUT2D eigenvalue weighted by Crippen LogP contribution is 2.43. The number of anilines is 2. The van der Waals surface area contributed by atoms with Gasteiger partial charge in [-0.25, -0.2) is 9.78 Å². The molecule has 0 aromatic carbocycles. The highest BCUT2D eigenvalue weighted by Gasteiger charge is 2.54. The van der Waals surface area contributed by atoms with Gasteiger partial charge in [0.15, 0.2) is 9.47 Å². The topological polar surface area (TPSA) is 193 Å². The molecule has 4 heterocycles. The third-order valence-electron chi connectivity index (χ3n) is 5.17. The van der Waals surface area contributed by atoms with Gasteiger partial charge in [0.05, 0.1) is 11.1 Å². The number of carbonyl (C=O) groups is 3. The van der Waals surface area contributed by atoms with Crippen LogP contribution in [0.3, 0.4) is 0 Å². The molecule has 0 aliphatic carbocycles. The molecule has 0 spiro atoms.